The summed E-state index contributed by atoms with van der Waals surface area (Å²) in [4.78, 5) is 25.0. The van der Waals surface area contributed by atoms with Crippen LogP contribution < -0.4 is 0 Å². The Balaban J connectivity index is 1.55. The zero-order chi connectivity index (χ0) is 23.0. The smallest absolute Gasteiger partial charge is 0.333 e. The molecule has 1 saturated heterocycles. The minimum atomic E-state index is -4.64. The number of aryl methyl sites for hydroxylation is 2. The third-order valence-electron chi connectivity index (χ3n) is 5.98. The Labute approximate surface area is 183 Å². The van der Waals surface area contributed by atoms with Crippen molar-refractivity contribution in [1.82, 2.24) is 29.4 Å². The maximum Gasteiger partial charge on any atom is 0.453 e. The first-order valence-corrected chi connectivity index (χ1v) is 10.5. The highest BCUT2D eigenvalue weighted by Gasteiger charge is 2.37. The average Bonchev–Trinajstić information content (AvgIpc) is 3.19. The Morgan fingerprint density at radius 3 is 2.53 bits per heavy atom. The third kappa shape index (κ3) is 4.32. The lowest BCUT2D eigenvalue weighted by Gasteiger charge is -2.40. The summed E-state index contributed by atoms with van der Waals surface area (Å²) in [6, 6.07) is 9.90. The summed E-state index contributed by atoms with van der Waals surface area (Å²) in [5, 5.41) is 3.58. The van der Waals surface area contributed by atoms with Gasteiger partial charge in [0.05, 0.1) is 6.04 Å². The molecule has 0 radical (unpaired) electrons. The SMILES string of the molecule is Cc1nc2nc(C(F)(F)F)nn2c(C)c1CCC(=O)N1CCN(C)C[C@H]1c1ccccc1. The van der Waals surface area contributed by atoms with Crippen molar-refractivity contribution in [3.8, 4) is 0 Å². The van der Waals surface area contributed by atoms with E-state index in [0.717, 1.165) is 28.7 Å². The molecule has 32 heavy (non-hydrogen) atoms. The third-order valence-corrected chi connectivity index (χ3v) is 5.98. The molecular weight excluding hydrogens is 421 g/mol. The predicted octanol–water partition coefficient (Wildman–Crippen LogP) is 3.21. The molecule has 170 valence electrons. The van der Waals surface area contributed by atoms with Gasteiger partial charge in [0.15, 0.2) is 0 Å². The molecular formula is C22H25F3N6O. The first kappa shape index (κ1) is 22.2. The number of rotatable bonds is 4. The van der Waals surface area contributed by atoms with E-state index in [4.69, 9.17) is 0 Å². The fourth-order valence-electron chi connectivity index (χ4n) is 4.24. The number of alkyl halides is 3. The first-order valence-electron chi connectivity index (χ1n) is 10.5. The van der Waals surface area contributed by atoms with Gasteiger partial charge in [0.1, 0.15) is 0 Å². The van der Waals surface area contributed by atoms with Gasteiger partial charge in [0, 0.05) is 37.4 Å². The molecule has 1 fully saturated rings. The van der Waals surface area contributed by atoms with Gasteiger partial charge in [-0.15, -0.1) is 5.10 Å². The van der Waals surface area contributed by atoms with Crippen LogP contribution in [0.15, 0.2) is 30.3 Å². The van der Waals surface area contributed by atoms with Crippen molar-refractivity contribution in [3.63, 3.8) is 0 Å². The number of aromatic nitrogens is 4. The van der Waals surface area contributed by atoms with Gasteiger partial charge in [-0.05, 0) is 38.4 Å². The molecule has 1 aromatic carbocycles. The highest BCUT2D eigenvalue weighted by molar-refractivity contribution is 5.77. The van der Waals surface area contributed by atoms with E-state index in [2.05, 4.69) is 20.0 Å². The summed E-state index contributed by atoms with van der Waals surface area (Å²) in [6.45, 7) is 5.57. The number of piperazine rings is 1. The first-order chi connectivity index (χ1) is 15.1. The molecule has 3 aromatic rings. The van der Waals surface area contributed by atoms with Crippen molar-refractivity contribution < 1.29 is 18.0 Å². The van der Waals surface area contributed by atoms with E-state index in [1.165, 1.54) is 0 Å². The molecule has 7 nitrogen and oxygen atoms in total. The van der Waals surface area contributed by atoms with E-state index < -0.39 is 12.0 Å². The van der Waals surface area contributed by atoms with Crippen molar-refractivity contribution in [3.05, 3.63) is 58.7 Å². The molecule has 0 spiro atoms. The standard InChI is InChI=1S/C22H25F3N6O/c1-14-17(15(2)31-21(26-14)27-20(28-31)22(23,24)25)9-10-19(32)30-12-11-29(3)13-18(30)16-7-5-4-6-8-16/h4-8,18H,9-13H2,1-3H3/t18-/m0/s1. The Morgan fingerprint density at radius 2 is 1.84 bits per heavy atom. The maximum atomic E-state index is 13.2. The fraction of sp³-hybridized carbons (Fsp3) is 0.455. The Kier molecular flexibility index (Phi) is 5.89. The molecule has 0 N–H and O–H groups in total. The quantitative estimate of drug-likeness (QED) is 0.616. The normalized spacial score (nSPS) is 17.8. The van der Waals surface area contributed by atoms with E-state index >= 15 is 0 Å². The molecule has 0 saturated carbocycles. The van der Waals surface area contributed by atoms with Crippen LogP contribution in [0.1, 0.15) is 40.8 Å². The number of amides is 1. The number of carbonyl (C=O) groups is 1. The second-order valence-corrected chi connectivity index (χ2v) is 8.18. The summed E-state index contributed by atoms with van der Waals surface area (Å²) in [6.07, 6.45) is -4.03. The molecule has 1 atom stereocenters. The van der Waals surface area contributed by atoms with Crippen LogP contribution in [0.4, 0.5) is 13.2 Å². The molecule has 4 rings (SSSR count). The number of hydrogen-bond donors (Lipinski definition) is 0. The van der Waals surface area contributed by atoms with Gasteiger partial charge in [-0.2, -0.15) is 18.2 Å². The molecule has 1 amide bonds. The zero-order valence-electron chi connectivity index (χ0n) is 18.2. The second kappa shape index (κ2) is 8.50. The maximum absolute atomic E-state index is 13.2. The summed E-state index contributed by atoms with van der Waals surface area (Å²) in [5.41, 5.74) is 2.88. The number of nitrogens with zero attached hydrogens (tertiary/aromatic N) is 6. The van der Waals surface area contributed by atoms with E-state index in [1.54, 1.807) is 13.8 Å². The van der Waals surface area contributed by atoms with E-state index in [1.807, 2.05) is 42.3 Å². The summed E-state index contributed by atoms with van der Waals surface area (Å²) in [7, 11) is 2.04. The molecule has 1 aliphatic rings. The summed E-state index contributed by atoms with van der Waals surface area (Å²) >= 11 is 0. The van der Waals surface area contributed by atoms with Crippen molar-refractivity contribution in [2.45, 2.75) is 38.9 Å². The average molecular weight is 446 g/mol. The molecule has 0 bridgehead atoms. The van der Waals surface area contributed by atoms with E-state index in [9.17, 15) is 18.0 Å². The minimum absolute atomic E-state index is 0.0143. The molecule has 10 heteroatoms. The Bertz CT molecular complexity index is 1130. The largest absolute Gasteiger partial charge is 0.453 e. The summed E-state index contributed by atoms with van der Waals surface area (Å²) in [5.74, 6) is -1.30. The van der Waals surface area contributed by atoms with Crippen LogP contribution in [-0.4, -0.2) is 62.0 Å². The van der Waals surface area contributed by atoms with Gasteiger partial charge in [-0.3, -0.25) is 4.79 Å². The van der Waals surface area contributed by atoms with Crippen LogP contribution >= 0.6 is 0 Å². The van der Waals surface area contributed by atoms with Crippen molar-refractivity contribution in [2.75, 3.05) is 26.7 Å². The second-order valence-electron chi connectivity index (χ2n) is 8.18. The lowest BCUT2D eigenvalue weighted by molar-refractivity contribution is -0.144. The molecule has 0 aliphatic carbocycles. The van der Waals surface area contributed by atoms with Gasteiger partial charge in [-0.25, -0.2) is 9.50 Å². The number of likely N-dealkylation sites (N-methyl/N-ethyl adjacent to an activating group) is 1. The fourth-order valence-corrected chi connectivity index (χ4v) is 4.24. The molecule has 3 heterocycles. The van der Waals surface area contributed by atoms with Crippen LogP contribution in [0.5, 0.6) is 0 Å². The van der Waals surface area contributed by atoms with Crippen LogP contribution in [-0.2, 0) is 17.4 Å². The highest BCUT2D eigenvalue weighted by Crippen LogP contribution is 2.28. The van der Waals surface area contributed by atoms with Crippen LogP contribution in [0, 0.1) is 13.8 Å². The van der Waals surface area contributed by atoms with E-state index in [0.29, 0.717) is 24.4 Å². The number of carbonyl (C=O) groups excluding carboxylic acids is 1. The van der Waals surface area contributed by atoms with Crippen molar-refractivity contribution in [1.29, 1.82) is 0 Å². The van der Waals surface area contributed by atoms with Crippen molar-refractivity contribution in [2.24, 2.45) is 0 Å². The number of hydrogen-bond acceptors (Lipinski definition) is 5. The zero-order valence-corrected chi connectivity index (χ0v) is 18.2. The lowest BCUT2D eigenvalue weighted by atomic mass is 10.0. The number of fused-ring (bicyclic) bond motifs is 1. The Hall–Kier alpha value is -3.01. The van der Waals surface area contributed by atoms with Crippen LogP contribution in [0.2, 0.25) is 0 Å². The van der Waals surface area contributed by atoms with E-state index in [-0.39, 0.29) is 24.1 Å². The summed E-state index contributed by atoms with van der Waals surface area (Å²) < 4.78 is 40.1. The van der Waals surface area contributed by atoms with Crippen LogP contribution in [0.3, 0.4) is 0 Å². The van der Waals surface area contributed by atoms with Gasteiger partial charge in [0.25, 0.3) is 11.6 Å². The lowest BCUT2D eigenvalue weighted by Crippen LogP contribution is -2.49. The van der Waals surface area contributed by atoms with Crippen molar-refractivity contribution >= 4 is 11.7 Å². The van der Waals surface area contributed by atoms with Gasteiger partial charge >= 0.3 is 6.18 Å². The molecule has 2 aromatic heterocycles. The molecule has 1 aliphatic heterocycles. The van der Waals surface area contributed by atoms with Crippen LogP contribution in [0.25, 0.3) is 5.78 Å². The van der Waals surface area contributed by atoms with Gasteiger partial charge in [0.2, 0.25) is 5.91 Å². The molecule has 0 unspecified atom stereocenters. The minimum Gasteiger partial charge on any atom is -0.333 e. The predicted molar refractivity (Wildman–Crippen MR) is 112 cm³/mol. The highest BCUT2D eigenvalue weighted by atomic mass is 19.4. The van der Waals surface area contributed by atoms with Gasteiger partial charge < -0.3 is 9.80 Å². The Morgan fingerprint density at radius 1 is 1.12 bits per heavy atom. The monoisotopic (exact) mass is 446 g/mol. The number of benzene rings is 1. The number of halogens is 3. The topological polar surface area (TPSA) is 66.6 Å². The van der Waals surface area contributed by atoms with Gasteiger partial charge in [-0.1, -0.05) is 30.3 Å².